The zero-order chi connectivity index (χ0) is 23.9. The third kappa shape index (κ3) is 9.72. The fourth-order valence-electron chi connectivity index (χ4n) is 3.55. The molecule has 0 bridgehead atoms. The minimum Gasteiger partial charge on any atom is -0.462 e. The van der Waals surface area contributed by atoms with Crippen molar-refractivity contribution < 1.29 is 27.8 Å². The van der Waals surface area contributed by atoms with Gasteiger partial charge in [0.15, 0.2) is 0 Å². The Kier molecular flexibility index (Phi) is 12.2. The van der Waals surface area contributed by atoms with Crippen LogP contribution in [0.2, 0.25) is 0 Å². The Morgan fingerprint density at radius 3 is 1.88 bits per heavy atom. The number of esters is 2. The van der Waals surface area contributed by atoms with Crippen LogP contribution in [-0.4, -0.2) is 18.5 Å². The zero-order valence-corrected chi connectivity index (χ0v) is 19.4. The molecule has 0 aliphatic carbocycles. The van der Waals surface area contributed by atoms with E-state index in [1.54, 1.807) is 12.1 Å². The van der Waals surface area contributed by atoms with Crippen LogP contribution in [-0.2, 0) is 16.1 Å². The molecule has 0 heterocycles. The first-order valence-electron chi connectivity index (χ1n) is 11.9. The summed E-state index contributed by atoms with van der Waals surface area (Å²) in [6.07, 6.45) is 11.8. The van der Waals surface area contributed by atoms with Crippen molar-refractivity contribution in [2.75, 3.05) is 6.61 Å². The highest BCUT2D eigenvalue weighted by molar-refractivity contribution is 6.03. The monoisotopic (exact) mass is 460 g/mol. The highest BCUT2D eigenvalue weighted by Crippen LogP contribution is 2.16. The summed E-state index contributed by atoms with van der Waals surface area (Å²) in [5.41, 5.74) is 0.0426. The molecule has 2 rings (SSSR count). The molecule has 2 aromatic rings. The van der Waals surface area contributed by atoms with E-state index in [-0.39, 0.29) is 23.3 Å². The Balaban J connectivity index is 1.73. The summed E-state index contributed by atoms with van der Waals surface area (Å²) >= 11 is 0. The van der Waals surface area contributed by atoms with Crippen molar-refractivity contribution in [2.24, 2.45) is 0 Å². The molecule has 0 saturated heterocycles. The maximum absolute atomic E-state index is 13.7. The maximum atomic E-state index is 13.7. The van der Waals surface area contributed by atoms with Gasteiger partial charge in [-0.25, -0.2) is 18.4 Å². The maximum Gasteiger partial charge on any atom is 0.339 e. The lowest BCUT2D eigenvalue weighted by atomic mass is 10.1. The van der Waals surface area contributed by atoms with Crippen molar-refractivity contribution in [2.45, 2.75) is 77.7 Å². The third-order valence-electron chi connectivity index (χ3n) is 5.46. The highest BCUT2D eigenvalue weighted by Gasteiger charge is 2.19. The van der Waals surface area contributed by atoms with Gasteiger partial charge in [0.25, 0.3) is 0 Å². The van der Waals surface area contributed by atoms with E-state index in [0.29, 0.717) is 0 Å². The second-order valence-electron chi connectivity index (χ2n) is 8.18. The number of carbonyl (C=O) groups excluding carboxylic acids is 2. The van der Waals surface area contributed by atoms with Crippen LogP contribution in [0.4, 0.5) is 8.78 Å². The summed E-state index contributed by atoms with van der Waals surface area (Å²) in [4.78, 5) is 24.9. The van der Waals surface area contributed by atoms with Gasteiger partial charge in [0.1, 0.15) is 18.2 Å². The lowest BCUT2D eigenvalue weighted by Crippen LogP contribution is -2.14. The average Bonchev–Trinajstić information content (AvgIpc) is 2.82. The Morgan fingerprint density at radius 2 is 1.27 bits per heavy atom. The number of rotatable bonds is 15. The Hall–Kier alpha value is -2.76. The first-order chi connectivity index (χ1) is 16.0. The lowest BCUT2D eigenvalue weighted by Gasteiger charge is -2.10. The number of unbranched alkanes of at least 4 members (excludes halogenated alkanes) is 9. The third-order valence-corrected chi connectivity index (χ3v) is 5.46. The summed E-state index contributed by atoms with van der Waals surface area (Å²) in [5, 5.41) is 0. The van der Waals surface area contributed by atoms with Crippen LogP contribution in [0.1, 0.15) is 97.4 Å². The first kappa shape index (κ1) is 26.5. The van der Waals surface area contributed by atoms with E-state index in [1.807, 2.05) is 0 Å². The quantitative estimate of drug-likeness (QED) is 0.205. The highest BCUT2D eigenvalue weighted by atomic mass is 19.1. The summed E-state index contributed by atoms with van der Waals surface area (Å²) in [6.45, 7) is 2.06. The minimum absolute atomic E-state index is 0.0300. The number of carbonyl (C=O) groups is 2. The van der Waals surface area contributed by atoms with Gasteiger partial charge < -0.3 is 9.47 Å². The lowest BCUT2D eigenvalue weighted by molar-refractivity contribution is 0.0433. The van der Waals surface area contributed by atoms with Crippen molar-refractivity contribution >= 4 is 11.9 Å². The van der Waals surface area contributed by atoms with Crippen LogP contribution in [0.25, 0.3) is 0 Å². The van der Waals surface area contributed by atoms with Crippen molar-refractivity contribution in [1.82, 2.24) is 0 Å². The average molecular weight is 461 g/mol. The van der Waals surface area contributed by atoms with Crippen LogP contribution >= 0.6 is 0 Å². The second-order valence-corrected chi connectivity index (χ2v) is 8.18. The molecule has 0 spiro atoms. The van der Waals surface area contributed by atoms with E-state index in [9.17, 15) is 18.4 Å². The van der Waals surface area contributed by atoms with Crippen molar-refractivity contribution in [3.63, 3.8) is 0 Å². The molecule has 6 heteroatoms. The van der Waals surface area contributed by atoms with Gasteiger partial charge in [-0.05, 0) is 36.8 Å². The molecule has 33 heavy (non-hydrogen) atoms. The Morgan fingerprint density at radius 1 is 0.727 bits per heavy atom. The normalized spacial score (nSPS) is 10.8. The SMILES string of the molecule is CCCCCCCCCCCCOC(=O)c1ccccc1C(=O)OCc1cc(F)ccc1F. The fraction of sp³-hybridized carbons (Fsp3) is 0.481. The molecule has 0 atom stereocenters. The number of hydrogen-bond donors (Lipinski definition) is 0. The summed E-state index contributed by atoms with van der Waals surface area (Å²) in [5.74, 6) is -2.70. The fourth-order valence-corrected chi connectivity index (χ4v) is 3.55. The number of hydrogen-bond acceptors (Lipinski definition) is 4. The van der Waals surface area contributed by atoms with Crippen LogP contribution in [0.15, 0.2) is 42.5 Å². The van der Waals surface area contributed by atoms with E-state index < -0.39 is 30.2 Å². The van der Waals surface area contributed by atoms with Crippen LogP contribution in [0.3, 0.4) is 0 Å². The molecule has 0 N–H and O–H groups in total. The molecule has 0 radical (unpaired) electrons. The van der Waals surface area contributed by atoms with E-state index in [0.717, 1.165) is 37.5 Å². The molecule has 0 fully saturated rings. The summed E-state index contributed by atoms with van der Waals surface area (Å²) < 4.78 is 37.5. The summed E-state index contributed by atoms with van der Waals surface area (Å²) in [7, 11) is 0. The molecule has 0 saturated carbocycles. The molecule has 180 valence electrons. The zero-order valence-electron chi connectivity index (χ0n) is 19.4. The van der Waals surface area contributed by atoms with Crippen molar-refractivity contribution in [3.05, 3.63) is 70.8 Å². The Bertz CT molecular complexity index is 882. The molecule has 0 aliphatic rings. The molecule has 2 aromatic carbocycles. The number of ether oxygens (including phenoxy) is 2. The molecule has 0 amide bonds. The van der Waals surface area contributed by atoms with Gasteiger partial charge >= 0.3 is 11.9 Å². The van der Waals surface area contributed by atoms with E-state index in [2.05, 4.69) is 6.92 Å². The number of halogens is 2. The smallest absolute Gasteiger partial charge is 0.339 e. The van der Waals surface area contributed by atoms with Crippen LogP contribution in [0, 0.1) is 11.6 Å². The van der Waals surface area contributed by atoms with Crippen LogP contribution < -0.4 is 0 Å². The number of benzene rings is 2. The van der Waals surface area contributed by atoms with E-state index >= 15 is 0 Å². The van der Waals surface area contributed by atoms with Gasteiger partial charge in [0.05, 0.1) is 17.7 Å². The van der Waals surface area contributed by atoms with Gasteiger partial charge in [-0.1, -0.05) is 76.8 Å². The van der Waals surface area contributed by atoms with E-state index in [1.165, 1.54) is 57.1 Å². The molecular weight excluding hydrogens is 426 g/mol. The van der Waals surface area contributed by atoms with E-state index in [4.69, 9.17) is 9.47 Å². The van der Waals surface area contributed by atoms with Gasteiger partial charge in [-0.3, -0.25) is 0 Å². The predicted molar refractivity (Wildman–Crippen MR) is 124 cm³/mol. The molecular formula is C27H34F2O4. The van der Waals surface area contributed by atoms with Crippen molar-refractivity contribution in [1.29, 1.82) is 0 Å². The summed E-state index contributed by atoms with van der Waals surface area (Å²) in [6, 6.07) is 9.08. The molecule has 0 aliphatic heterocycles. The predicted octanol–water partition coefficient (Wildman–Crippen LogP) is 7.40. The largest absolute Gasteiger partial charge is 0.462 e. The molecule has 4 nitrogen and oxygen atoms in total. The van der Waals surface area contributed by atoms with Gasteiger partial charge in [0, 0.05) is 5.56 Å². The molecule has 0 aromatic heterocycles. The van der Waals surface area contributed by atoms with Crippen LogP contribution in [0.5, 0.6) is 0 Å². The molecule has 0 unspecified atom stereocenters. The minimum atomic E-state index is -0.801. The topological polar surface area (TPSA) is 52.6 Å². The van der Waals surface area contributed by atoms with Gasteiger partial charge in [0.2, 0.25) is 0 Å². The second kappa shape index (κ2) is 15.1. The first-order valence-corrected chi connectivity index (χ1v) is 11.9. The standard InChI is InChI=1S/C27H34F2O4/c1-2-3-4-5-6-7-8-9-10-13-18-32-26(30)23-14-11-12-15-24(23)27(31)33-20-21-19-22(28)16-17-25(21)29/h11-12,14-17,19H,2-10,13,18,20H2,1H3. The van der Waals surface area contributed by atoms with Crippen molar-refractivity contribution in [3.8, 4) is 0 Å². The van der Waals surface area contributed by atoms with Gasteiger partial charge in [-0.2, -0.15) is 0 Å². The Labute approximate surface area is 195 Å². The van der Waals surface area contributed by atoms with Gasteiger partial charge in [-0.15, -0.1) is 0 Å².